The van der Waals surface area contributed by atoms with Gasteiger partial charge in [0.25, 0.3) is 5.91 Å². The topological polar surface area (TPSA) is 63.2 Å². The predicted octanol–water partition coefficient (Wildman–Crippen LogP) is 4.36. The van der Waals surface area contributed by atoms with Gasteiger partial charge in [0.2, 0.25) is 0 Å². The SMILES string of the molecule is O=C(COc1ccccc1)Nc1ccc(NCc2ccccc2Cl)cn1. The zero-order valence-electron chi connectivity index (χ0n) is 14.0. The first-order valence-corrected chi connectivity index (χ1v) is 8.49. The Morgan fingerprint density at radius 3 is 2.50 bits per heavy atom. The molecule has 0 saturated carbocycles. The Hall–Kier alpha value is -3.05. The first kappa shape index (κ1) is 17.8. The van der Waals surface area contributed by atoms with Crippen molar-refractivity contribution in [1.82, 2.24) is 4.98 Å². The third-order valence-electron chi connectivity index (χ3n) is 3.58. The van der Waals surface area contributed by atoms with E-state index in [0.29, 0.717) is 18.1 Å². The third-order valence-corrected chi connectivity index (χ3v) is 3.95. The number of halogens is 1. The smallest absolute Gasteiger partial charge is 0.263 e. The van der Waals surface area contributed by atoms with E-state index in [-0.39, 0.29) is 12.5 Å². The number of carbonyl (C=O) groups is 1. The van der Waals surface area contributed by atoms with Gasteiger partial charge in [-0.15, -0.1) is 0 Å². The number of hydrogen-bond acceptors (Lipinski definition) is 4. The van der Waals surface area contributed by atoms with Gasteiger partial charge in [0.1, 0.15) is 11.6 Å². The molecule has 1 aromatic heterocycles. The summed E-state index contributed by atoms with van der Waals surface area (Å²) < 4.78 is 5.40. The molecule has 0 aliphatic rings. The maximum Gasteiger partial charge on any atom is 0.263 e. The van der Waals surface area contributed by atoms with Gasteiger partial charge in [0.05, 0.1) is 11.9 Å². The van der Waals surface area contributed by atoms with Crippen LogP contribution in [0.25, 0.3) is 0 Å². The minimum Gasteiger partial charge on any atom is -0.484 e. The van der Waals surface area contributed by atoms with Crippen LogP contribution in [-0.4, -0.2) is 17.5 Å². The molecule has 3 rings (SSSR count). The average molecular weight is 368 g/mol. The van der Waals surface area contributed by atoms with E-state index in [1.165, 1.54) is 0 Å². The second-order valence-electron chi connectivity index (χ2n) is 5.53. The van der Waals surface area contributed by atoms with Crippen LogP contribution in [0.5, 0.6) is 5.75 Å². The number of ether oxygens (including phenoxy) is 1. The molecule has 1 heterocycles. The van der Waals surface area contributed by atoms with Gasteiger partial charge in [-0.05, 0) is 35.9 Å². The lowest BCUT2D eigenvalue weighted by Gasteiger charge is -2.09. The monoisotopic (exact) mass is 367 g/mol. The van der Waals surface area contributed by atoms with E-state index in [9.17, 15) is 4.79 Å². The van der Waals surface area contributed by atoms with E-state index in [0.717, 1.165) is 16.3 Å². The standard InChI is InChI=1S/C20H18ClN3O2/c21-18-9-5-4-6-15(18)12-22-16-10-11-19(23-13-16)24-20(25)14-26-17-7-2-1-3-8-17/h1-11,13,22H,12,14H2,(H,23,24,25). The van der Waals surface area contributed by atoms with E-state index < -0.39 is 0 Å². The zero-order chi connectivity index (χ0) is 18.2. The van der Waals surface area contributed by atoms with Crippen molar-refractivity contribution in [3.8, 4) is 5.75 Å². The average Bonchev–Trinajstić information content (AvgIpc) is 2.68. The van der Waals surface area contributed by atoms with Crippen molar-refractivity contribution in [1.29, 1.82) is 0 Å². The quantitative estimate of drug-likeness (QED) is 0.651. The molecule has 2 N–H and O–H groups in total. The fraction of sp³-hybridized carbons (Fsp3) is 0.100. The maximum absolute atomic E-state index is 11.9. The lowest BCUT2D eigenvalue weighted by atomic mass is 10.2. The Kier molecular flexibility index (Phi) is 6.06. The number of rotatable bonds is 7. The molecule has 0 bridgehead atoms. The van der Waals surface area contributed by atoms with E-state index in [1.54, 1.807) is 24.4 Å². The van der Waals surface area contributed by atoms with Crippen LogP contribution in [0.1, 0.15) is 5.56 Å². The summed E-state index contributed by atoms with van der Waals surface area (Å²) in [6, 6.07) is 20.4. The van der Waals surface area contributed by atoms with Gasteiger partial charge in [-0.1, -0.05) is 48.0 Å². The number of hydrogen-bond donors (Lipinski definition) is 2. The number of carbonyl (C=O) groups excluding carboxylic acids is 1. The van der Waals surface area contributed by atoms with Crippen LogP contribution in [0.15, 0.2) is 72.9 Å². The number of nitrogens with zero attached hydrogens (tertiary/aromatic N) is 1. The Morgan fingerprint density at radius 1 is 1.00 bits per heavy atom. The summed E-state index contributed by atoms with van der Waals surface area (Å²) in [6.45, 7) is 0.524. The van der Waals surface area contributed by atoms with E-state index in [4.69, 9.17) is 16.3 Å². The van der Waals surface area contributed by atoms with Gasteiger partial charge in [-0.25, -0.2) is 4.98 Å². The molecule has 0 radical (unpaired) electrons. The Morgan fingerprint density at radius 2 is 1.77 bits per heavy atom. The number of aromatic nitrogens is 1. The molecule has 5 nitrogen and oxygen atoms in total. The van der Waals surface area contributed by atoms with Gasteiger partial charge < -0.3 is 15.4 Å². The molecule has 6 heteroatoms. The molecular weight excluding hydrogens is 350 g/mol. The van der Waals surface area contributed by atoms with Crippen molar-refractivity contribution < 1.29 is 9.53 Å². The van der Waals surface area contributed by atoms with Crippen LogP contribution in [0.4, 0.5) is 11.5 Å². The Bertz CT molecular complexity index is 854. The summed E-state index contributed by atoms with van der Waals surface area (Å²) in [7, 11) is 0. The van der Waals surface area contributed by atoms with Crippen molar-refractivity contribution in [3.63, 3.8) is 0 Å². The number of amides is 1. The van der Waals surface area contributed by atoms with Gasteiger partial charge in [-0.2, -0.15) is 0 Å². The van der Waals surface area contributed by atoms with Crippen LogP contribution in [-0.2, 0) is 11.3 Å². The maximum atomic E-state index is 11.9. The van der Waals surface area contributed by atoms with Gasteiger partial charge in [0, 0.05) is 11.6 Å². The molecule has 0 aliphatic carbocycles. The number of benzene rings is 2. The van der Waals surface area contributed by atoms with E-state index in [2.05, 4.69) is 15.6 Å². The molecule has 0 atom stereocenters. The fourth-order valence-corrected chi connectivity index (χ4v) is 2.46. The van der Waals surface area contributed by atoms with Crippen LogP contribution < -0.4 is 15.4 Å². The highest BCUT2D eigenvalue weighted by Crippen LogP contribution is 2.17. The van der Waals surface area contributed by atoms with E-state index >= 15 is 0 Å². The molecule has 0 spiro atoms. The number of anilines is 2. The van der Waals surface area contributed by atoms with Crippen molar-refractivity contribution in [3.05, 3.63) is 83.5 Å². The number of pyridine rings is 1. The summed E-state index contributed by atoms with van der Waals surface area (Å²) in [5.41, 5.74) is 1.84. The summed E-state index contributed by atoms with van der Waals surface area (Å²) >= 11 is 6.13. The van der Waals surface area contributed by atoms with Gasteiger partial charge in [0.15, 0.2) is 6.61 Å². The molecule has 2 aromatic carbocycles. The first-order chi connectivity index (χ1) is 12.7. The second kappa shape index (κ2) is 8.87. The molecular formula is C20H18ClN3O2. The molecule has 0 fully saturated rings. The molecule has 26 heavy (non-hydrogen) atoms. The third kappa shape index (κ3) is 5.22. The van der Waals surface area contributed by atoms with Gasteiger partial charge >= 0.3 is 0 Å². The fourth-order valence-electron chi connectivity index (χ4n) is 2.26. The van der Waals surface area contributed by atoms with Crippen molar-refractivity contribution in [2.75, 3.05) is 17.2 Å². The Balaban J connectivity index is 1.48. The van der Waals surface area contributed by atoms with E-state index in [1.807, 2.05) is 48.5 Å². The lowest BCUT2D eigenvalue weighted by molar-refractivity contribution is -0.118. The minimum atomic E-state index is -0.266. The number of para-hydroxylation sites is 1. The van der Waals surface area contributed by atoms with Crippen LogP contribution in [0.2, 0.25) is 5.02 Å². The van der Waals surface area contributed by atoms with Crippen LogP contribution in [0, 0.1) is 0 Å². The second-order valence-corrected chi connectivity index (χ2v) is 5.93. The molecule has 1 amide bonds. The van der Waals surface area contributed by atoms with Crippen LogP contribution >= 0.6 is 11.6 Å². The molecule has 0 aliphatic heterocycles. The predicted molar refractivity (Wildman–Crippen MR) is 104 cm³/mol. The summed E-state index contributed by atoms with van der Waals surface area (Å²) in [5.74, 6) is 0.850. The normalized spacial score (nSPS) is 10.2. The molecule has 132 valence electrons. The zero-order valence-corrected chi connectivity index (χ0v) is 14.7. The van der Waals surface area contributed by atoms with Crippen LogP contribution in [0.3, 0.4) is 0 Å². The molecule has 3 aromatic rings. The summed E-state index contributed by atoms with van der Waals surface area (Å²) in [4.78, 5) is 16.1. The summed E-state index contributed by atoms with van der Waals surface area (Å²) in [5, 5.41) is 6.66. The molecule has 0 unspecified atom stereocenters. The summed E-state index contributed by atoms with van der Waals surface area (Å²) in [6.07, 6.45) is 1.66. The minimum absolute atomic E-state index is 0.0712. The molecule has 0 saturated heterocycles. The van der Waals surface area contributed by atoms with Crippen molar-refractivity contribution in [2.24, 2.45) is 0 Å². The highest BCUT2D eigenvalue weighted by Gasteiger charge is 2.05. The van der Waals surface area contributed by atoms with Crippen molar-refractivity contribution >= 4 is 29.0 Å². The van der Waals surface area contributed by atoms with Gasteiger partial charge in [-0.3, -0.25) is 4.79 Å². The Labute approximate surface area is 157 Å². The first-order valence-electron chi connectivity index (χ1n) is 8.12. The lowest BCUT2D eigenvalue weighted by Crippen LogP contribution is -2.20. The van der Waals surface area contributed by atoms with Crippen molar-refractivity contribution in [2.45, 2.75) is 6.54 Å². The highest BCUT2D eigenvalue weighted by molar-refractivity contribution is 6.31. The highest BCUT2D eigenvalue weighted by atomic mass is 35.5. The largest absolute Gasteiger partial charge is 0.484 e. The number of nitrogens with one attached hydrogen (secondary N) is 2.